The summed E-state index contributed by atoms with van der Waals surface area (Å²) in [7, 11) is -3.83. The van der Waals surface area contributed by atoms with E-state index in [1.807, 2.05) is 13.8 Å². The van der Waals surface area contributed by atoms with Gasteiger partial charge in [-0.25, -0.2) is 0 Å². The quantitative estimate of drug-likeness (QED) is 0.449. The van der Waals surface area contributed by atoms with E-state index in [4.69, 9.17) is 5.11 Å². The van der Waals surface area contributed by atoms with E-state index in [1.165, 1.54) is 0 Å². The molecule has 0 aliphatic heterocycles. The van der Waals surface area contributed by atoms with E-state index in [-0.39, 0.29) is 25.6 Å². The Labute approximate surface area is 102 Å². The number of aliphatic hydroxyl groups is 2. The van der Waals surface area contributed by atoms with Crippen molar-refractivity contribution in [1.82, 2.24) is 5.32 Å². The predicted octanol–water partition coefficient (Wildman–Crippen LogP) is -1.28. The van der Waals surface area contributed by atoms with E-state index in [1.54, 1.807) is 0 Å². The molecule has 2 atom stereocenters. The molecule has 0 spiro atoms. The maximum atomic E-state index is 10.9. The van der Waals surface area contributed by atoms with Crippen molar-refractivity contribution in [3.05, 3.63) is 0 Å². The molecule has 17 heavy (non-hydrogen) atoms. The van der Waals surface area contributed by atoms with Crippen LogP contribution >= 0.6 is 0 Å². The van der Waals surface area contributed by atoms with Crippen LogP contribution in [-0.4, -0.2) is 56.1 Å². The van der Waals surface area contributed by atoms with Gasteiger partial charge in [0.05, 0.1) is 0 Å². The van der Waals surface area contributed by atoms with Crippen LogP contribution in [-0.2, 0) is 14.4 Å². The van der Waals surface area contributed by atoms with Gasteiger partial charge in [0, 0.05) is 0 Å². The molecule has 0 aliphatic carbocycles. The van der Waals surface area contributed by atoms with Gasteiger partial charge >= 0.3 is 102 Å². The average molecular weight is 265 g/mol. The third-order valence-corrected chi connectivity index (χ3v) is 3.33. The Morgan fingerprint density at radius 3 is 2.35 bits per heavy atom. The van der Waals surface area contributed by atoms with Gasteiger partial charge in [-0.3, -0.25) is 0 Å². The normalized spacial score (nSPS) is 15.6. The molecule has 6 nitrogen and oxygen atoms in total. The molecule has 8 heteroatoms. The summed E-state index contributed by atoms with van der Waals surface area (Å²) in [6.07, 6.45) is -0.580. The van der Waals surface area contributed by atoms with Crippen LogP contribution in [0.4, 0.5) is 0 Å². The SMILES string of the molecule is CC(C)CC(CO)NCC(O)CS(=O)(=O)B=O. The van der Waals surface area contributed by atoms with E-state index in [0.717, 1.165) is 6.42 Å². The van der Waals surface area contributed by atoms with Crippen LogP contribution in [0.5, 0.6) is 0 Å². The average Bonchev–Trinajstić information content (AvgIpc) is 2.23. The molecule has 0 aromatic rings. The summed E-state index contributed by atoms with van der Waals surface area (Å²) in [5.41, 5.74) is 0. The minimum atomic E-state index is -3.83. The Morgan fingerprint density at radius 1 is 1.35 bits per heavy atom. The number of hydrogen-bond donors (Lipinski definition) is 3. The first kappa shape index (κ1) is 16.7. The fraction of sp³-hybridized carbons (Fsp3) is 1.00. The number of hydrogen-bond acceptors (Lipinski definition) is 6. The molecule has 0 saturated heterocycles. The summed E-state index contributed by atoms with van der Waals surface area (Å²) < 4.78 is 31.9. The molecule has 0 saturated carbocycles. The number of aliphatic hydroxyl groups excluding tert-OH is 2. The third kappa shape index (κ3) is 8.42. The number of nitrogens with one attached hydrogen (secondary N) is 1. The van der Waals surface area contributed by atoms with Crippen molar-refractivity contribution >= 4 is 16.1 Å². The molecule has 0 radical (unpaired) electrons. The second kappa shape index (κ2) is 7.91. The Bertz CT molecular complexity index is 319. The number of rotatable bonds is 9. The van der Waals surface area contributed by atoms with Crippen molar-refractivity contribution < 1.29 is 23.3 Å². The van der Waals surface area contributed by atoms with Crippen LogP contribution in [0.3, 0.4) is 0 Å². The van der Waals surface area contributed by atoms with Crippen LogP contribution in [0.15, 0.2) is 0 Å². The second-order valence-corrected chi connectivity index (χ2v) is 6.35. The second-order valence-electron chi connectivity index (χ2n) is 4.50. The third-order valence-electron chi connectivity index (χ3n) is 2.19. The van der Waals surface area contributed by atoms with E-state index in [9.17, 15) is 18.2 Å². The van der Waals surface area contributed by atoms with Crippen LogP contribution in [0, 0.1) is 5.92 Å². The zero-order valence-corrected chi connectivity index (χ0v) is 11.0. The van der Waals surface area contributed by atoms with Gasteiger partial charge in [0.2, 0.25) is 0 Å². The zero-order valence-electron chi connectivity index (χ0n) is 10.2. The molecule has 0 rings (SSSR count). The topological polar surface area (TPSA) is 104 Å². The van der Waals surface area contributed by atoms with E-state index in [2.05, 4.69) is 5.32 Å². The van der Waals surface area contributed by atoms with Crippen molar-refractivity contribution in [3.63, 3.8) is 0 Å². The molecule has 2 unspecified atom stereocenters. The van der Waals surface area contributed by atoms with Gasteiger partial charge in [-0.1, -0.05) is 0 Å². The summed E-state index contributed by atoms with van der Waals surface area (Å²) in [5.74, 6) is -0.209. The summed E-state index contributed by atoms with van der Waals surface area (Å²) in [4.78, 5) is 0. The maximum absolute atomic E-state index is 10.9. The van der Waals surface area contributed by atoms with Crippen molar-refractivity contribution in [1.29, 1.82) is 0 Å². The molecular formula is C9H20BNO5S. The van der Waals surface area contributed by atoms with Crippen molar-refractivity contribution in [2.24, 2.45) is 5.92 Å². The summed E-state index contributed by atoms with van der Waals surface area (Å²) in [6.45, 7) is 3.95. The Morgan fingerprint density at radius 2 is 1.94 bits per heavy atom. The molecule has 0 aromatic heterocycles. The first-order chi connectivity index (χ1) is 7.80. The van der Waals surface area contributed by atoms with Gasteiger partial charge in [-0.05, 0) is 0 Å². The van der Waals surface area contributed by atoms with Crippen molar-refractivity contribution in [2.75, 3.05) is 18.9 Å². The fourth-order valence-corrected chi connectivity index (χ4v) is 2.19. The Kier molecular flexibility index (Phi) is 7.77. The van der Waals surface area contributed by atoms with Gasteiger partial charge in [-0.2, -0.15) is 0 Å². The van der Waals surface area contributed by atoms with Gasteiger partial charge in [0.1, 0.15) is 0 Å². The van der Waals surface area contributed by atoms with Crippen LogP contribution in [0.25, 0.3) is 0 Å². The van der Waals surface area contributed by atoms with Crippen molar-refractivity contribution in [3.8, 4) is 0 Å². The van der Waals surface area contributed by atoms with E-state index >= 15 is 0 Å². The monoisotopic (exact) mass is 265 g/mol. The fourth-order valence-electron chi connectivity index (χ4n) is 1.46. The molecule has 0 aromatic carbocycles. The van der Waals surface area contributed by atoms with Gasteiger partial charge < -0.3 is 0 Å². The first-order valence-corrected chi connectivity index (χ1v) is 7.22. The van der Waals surface area contributed by atoms with Crippen LogP contribution in [0.1, 0.15) is 20.3 Å². The Balaban J connectivity index is 4.05. The van der Waals surface area contributed by atoms with Gasteiger partial charge in [0.25, 0.3) is 0 Å². The molecule has 0 amide bonds. The zero-order chi connectivity index (χ0) is 13.5. The van der Waals surface area contributed by atoms with E-state index < -0.39 is 21.5 Å². The summed E-state index contributed by atoms with van der Waals surface area (Å²) in [5, 5.41) is 21.3. The van der Waals surface area contributed by atoms with Gasteiger partial charge in [-0.15, -0.1) is 0 Å². The molecule has 0 aliphatic rings. The van der Waals surface area contributed by atoms with Gasteiger partial charge in [0.15, 0.2) is 0 Å². The summed E-state index contributed by atoms with van der Waals surface area (Å²) >= 11 is 0. The first-order valence-electron chi connectivity index (χ1n) is 5.51. The molecule has 0 fully saturated rings. The standard InChI is InChI=1S/C9H20BNO5S/c1-7(2)3-8(5-12)11-4-9(13)6-17(15,16)10-14/h7-9,11-13H,3-6H2,1-2H3. The van der Waals surface area contributed by atoms with E-state index in [0.29, 0.717) is 5.92 Å². The summed E-state index contributed by atoms with van der Waals surface area (Å²) in [6, 6.07) is -0.177. The van der Waals surface area contributed by atoms with Crippen molar-refractivity contribution in [2.45, 2.75) is 32.4 Å². The molecule has 0 heterocycles. The molecular weight excluding hydrogens is 245 g/mol. The molecule has 0 bridgehead atoms. The molecule has 3 N–H and O–H groups in total. The van der Waals surface area contributed by atoms with Crippen LogP contribution < -0.4 is 5.32 Å². The predicted molar refractivity (Wildman–Crippen MR) is 64.6 cm³/mol. The van der Waals surface area contributed by atoms with Crippen LogP contribution in [0.2, 0.25) is 0 Å². The molecule has 100 valence electrons. The minimum absolute atomic E-state index is 0.0328. The Hall–Kier alpha value is -0.305.